The summed E-state index contributed by atoms with van der Waals surface area (Å²) in [7, 11) is 0. The number of para-hydroxylation sites is 1. The van der Waals surface area contributed by atoms with E-state index >= 15 is 0 Å². The first kappa shape index (κ1) is 15.3. The van der Waals surface area contributed by atoms with Crippen molar-refractivity contribution >= 4 is 17.6 Å². The molecule has 0 bridgehead atoms. The minimum atomic E-state index is -0.418. The Morgan fingerprint density at radius 3 is 2.52 bits per heavy atom. The van der Waals surface area contributed by atoms with E-state index in [2.05, 4.69) is 5.32 Å². The average molecular weight is 309 g/mol. The van der Waals surface area contributed by atoms with Crippen LogP contribution in [0.1, 0.15) is 35.2 Å². The maximum atomic E-state index is 12.4. The highest BCUT2D eigenvalue weighted by Gasteiger charge is 2.44. The summed E-state index contributed by atoms with van der Waals surface area (Å²) in [6.45, 7) is 2.06. The standard InChI is InChI=1S/C19H19NO3/c1-2-23-19(22)14-10-6-7-11-17(14)20-18(21)16-12-15(16)13-8-4-3-5-9-13/h3-11,15-16H,2,12H2,1H3,(H,20,21)/t15-,16-/m1/s1. The van der Waals surface area contributed by atoms with E-state index < -0.39 is 5.97 Å². The summed E-state index contributed by atoms with van der Waals surface area (Å²) >= 11 is 0. The molecule has 0 heterocycles. The maximum absolute atomic E-state index is 12.4. The van der Waals surface area contributed by atoms with Gasteiger partial charge in [-0.05, 0) is 37.0 Å². The minimum absolute atomic E-state index is 0.0346. The van der Waals surface area contributed by atoms with Crippen LogP contribution in [-0.2, 0) is 9.53 Å². The molecule has 1 amide bonds. The maximum Gasteiger partial charge on any atom is 0.340 e. The summed E-state index contributed by atoms with van der Waals surface area (Å²) < 4.78 is 5.03. The Labute approximate surface area is 135 Å². The molecule has 1 saturated carbocycles. The third-order valence-corrected chi connectivity index (χ3v) is 4.04. The number of rotatable bonds is 5. The second kappa shape index (κ2) is 6.65. The van der Waals surface area contributed by atoms with Gasteiger partial charge in [-0.25, -0.2) is 4.79 Å². The van der Waals surface area contributed by atoms with Gasteiger partial charge in [0.2, 0.25) is 5.91 Å². The molecule has 3 rings (SSSR count). The number of hydrogen-bond donors (Lipinski definition) is 1. The van der Waals surface area contributed by atoms with Gasteiger partial charge in [-0.2, -0.15) is 0 Å². The van der Waals surface area contributed by atoms with Crippen LogP contribution < -0.4 is 5.32 Å². The molecule has 1 N–H and O–H groups in total. The Kier molecular flexibility index (Phi) is 4.42. The van der Waals surface area contributed by atoms with E-state index in [9.17, 15) is 9.59 Å². The first-order valence-electron chi connectivity index (χ1n) is 7.82. The van der Waals surface area contributed by atoms with Gasteiger partial charge in [-0.15, -0.1) is 0 Å². The third-order valence-electron chi connectivity index (χ3n) is 4.04. The summed E-state index contributed by atoms with van der Waals surface area (Å²) in [6, 6.07) is 17.0. The van der Waals surface area contributed by atoms with E-state index in [-0.39, 0.29) is 17.7 Å². The van der Waals surface area contributed by atoms with Gasteiger partial charge in [0.05, 0.1) is 17.9 Å². The van der Waals surface area contributed by atoms with Crippen LogP contribution >= 0.6 is 0 Å². The molecule has 2 aromatic carbocycles. The van der Waals surface area contributed by atoms with Crippen molar-refractivity contribution in [3.05, 3.63) is 65.7 Å². The van der Waals surface area contributed by atoms with Crippen molar-refractivity contribution < 1.29 is 14.3 Å². The first-order valence-corrected chi connectivity index (χ1v) is 7.82. The van der Waals surface area contributed by atoms with E-state index in [0.717, 1.165) is 6.42 Å². The van der Waals surface area contributed by atoms with E-state index in [4.69, 9.17) is 4.74 Å². The molecule has 118 valence electrons. The molecule has 4 nitrogen and oxygen atoms in total. The van der Waals surface area contributed by atoms with Crippen LogP contribution in [0, 0.1) is 5.92 Å². The zero-order valence-corrected chi connectivity index (χ0v) is 13.0. The summed E-state index contributed by atoms with van der Waals surface area (Å²) in [4.78, 5) is 24.4. The van der Waals surface area contributed by atoms with Gasteiger partial charge in [-0.1, -0.05) is 42.5 Å². The van der Waals surface area contributed by atoms with Crippen LogP contribution in [0.4, 0.5) is 5.69 Å². The highest BCUT2D eigenvalue weighted by atomic mass is 16.5. The van der Waals surface area contributed by atoms with E-state index in [1.807, 2.05) is 30.3 Å². The normalized spacial score (nSPS) is 19.0. The van der Waals surface area contributed by atoms with Crippen molar-refractivity contribution in [2.75, 3.05) is 11.9 Å². The van der Waals surface area contributed by atoms with Crippen molar-refractivity contribution in [1.82, 2.24) is 0 Å². The van der Waals surface area contributed by atoms with Gasteiger partial charge in [0.25, 0.3) is 0 Å². The number of anilines is 1. The highest BCUT2D eigenvalue weighted by Crippen LogP contribution is 2.47. The molecule has 0 unspecified atom stereocenters. The molecule has 1 aliphatic rings. The van der Waals surface area contributed by atoms with Crippen molar-refractivity contribution in [1.29, 1.82) is 0 Å². The number of hydrogen-bond acceptors (Lipinski definition) is 3. The monoisotopic (exact) mass is 309 g/mol. The van der Waals surface area contributed by atoms with Gasteiger partial charge in [0, 0.05) is 5.92 Å². The van der Waals surface area contributed by atoms with Gasteiger partial charge in [0.1, 0.15) is 0 Å². The van der Waals surface area contributed by atoms with Crippen LogP contribution in [0.2, 0.25) is 0 Å². The number of ether oxygens (including phenoxy) is 1. The smallest absolute Gasteiger partial charge is 0.340 e. The van der Waals surface area contributed by atoms with Crippen LogP contribution in [0.15, 0.2) is 54.6 Å². The van der Waals surface area contributed by atoms with Crippen LogP contribution in [0.25, 0.3) is 0 Å². The molecule has 2 aromatic rings. The third kappa shape index (κ3) is 3.42. The lowest BCUT2D eigenvalue weighted by Crippen LogP contribution is -2.17. The average Bonchev–Trinajstić information content (AvgIpc) is 3.37. The van der Waals surface area contributed by atoms with Gasteiger partial charge >= 0.3 is 5.97 Å². The lowest BCUT2D eigenvalue weighted by molar-refractivity contribution is -0.117. The van der Waals surface area contributed by atoms with Gasteiger partial charge in [-0.3, -0.25) is 4.79 Å². The Balaban J connectivity index is 1.69. The molecule has 2 atom stereocenters. The van der Waals surface area contributed by atoms with Crippen LogP contribution in [0.3, 0.4) is 0 Å². The van der Waals surface area contributed by atoms with Gasteiger partial charge < -0.3 is 10.1 Å². The molecule has 4 heteroatoms. The van der Waals surface area contributed by atoms with E-state index in [0.29, 0.717) is 17.9 Å². The second-order valence-corrected chi connectivity index (χ2v) is 5.61. The SMILES string of the molecule is CCOC(=O)c1ccccc1NC(=O)[C@@H]1C[C@@H]1c1ccccc1. The summed E-state index contributed by atoms with van der Waals surface area (Å²) in [5.41, 5.74) is 2.08. The fourth-order valence-corrected chi connectivity index (χ4v) is 2.76. The minimum Gasteiger partial charge on any atom is -0.462 e. The topological polar surface area (TPSA) is 55.4 Å². The summed E-state index contributed by atoms with van der Waals surface area (Å²) in [5.74, 6) is -0.229. The number of nitrogens with one attached hydrogen (secondary N) is 1. The molecule has 0 spiro atoms. The molecule has 1 aliphatic carbocycles. The van der Waals surface area contributed by atoms with Crippen molar-refractivity contribution in [2.24, 2.45) is 5.92 Å². The lowest BCUT2D eigenvalue weighted by atomic mass is 10.1. The van der Waals surface area contributed by atoms with Gasteiger partial charge in [0.15, 0.2) is 0 Å². The first-order chi connectivity index (χ1) is 11.2. The molecule has 0 aromatic heterocycles. The fraction of sp³-hybridized carbons (Fsp3) is 0.263. The fourth-order valence-electron chi connectivity index (χ4n) is 2.76. The number of amides is 1. The predicted octanol–water partition coefficient (Wildman–Crippen LogP) is 3.61. The zero-order chi connectivity index (χ0) is 16.2. The van der Waals surface area contributed by atoms with Crippen molar-refractivity contribution in [3.63, 3.8) is 0 Å². The van der Waals surface area contributed by atoms with Crippen molar-refractivity contribution in [3.8, 4) is 0 Å². The highest BCUT2D eigenvalue weighted by molar-refractivity contribution is 6.02. The molecular weight excluding hydrogens is 290 g/mol. The number of carbonyl (C=O) groups excluding carboxylic acids is 2. The lowest BCUT2D eigenvalue weighted by Gasteiger charge is -2.10. The number of esters is 1. The quantitative estimate of drug-likeness (QED) is 0.859. The van der Waals surface area contributed by atoms with Crippen molar-refractivity contribution in [2.45, 2.75) is 19.3 Å². The molecule has 0 radical (unpaired) electrons. The molecular formula is C19H19NO3. The van der Waals surface area contributed by atoms with E-state index in [1.54, 1.807) is 31.2 Å². The molecule has 1 fully saturated rings. The van der Waals surface area contributed by atoms with Crippen LogP contribution in [-0.4, -0.2) is 18.5 Å². The Bertz CT molecular complexity index is 712. The molecule has 0 aliphatic heterocycles. The van der Waals surface area contributed by atoms with E-state index in [1.165, 1.54) is 5.56 Å². The summed E-state index contributed by atoms with van der Waals surface area (Å²) in [6.07, 6.45) is 0.845. The largest absolute Gasteiger partial charge is 0.462 e. The van der Waals surface area contributed by atoms with Crippen LogP contribution in [0.5, 0.6) is 0 Å². The Morgan fingerprint density at radius 1 is 1.09 bits per heavy atom. The number of carbonyl (C=O) groups is 2. The Hall–Kier alpha value is -2.62. The summed E-state index contributed by atoms with van der Waals surface area (Å²) in [5, 5.41) is 2.87. The second-order valence-electron chi connectivity index (χ2n) is 5.61. The molecule has 23 heavy (non-hydrogen) atoms. The molecule has 0 saturated heterocycles. The number of benzene rings is 2. The zero-order valence-electron chi connectivity index (χ0n) is 13.0. The predicted molar refractivity (Wildman–Crippen MR) is 88.3 cm³/mol. The Morgan fingerprint density at radius 2 is 1.78 bits per heavy atom.